The Labute approximate surface area is 156 Å². The molecule has 2 N–H and O–H groups in total. The summed E-state index contributed by atoms with van der Waals surface area (Å²) in [6.45, 7) is 6.39. The maximum absolute atomic E-state index is 11.3. The number of hydrogen-bond donors (Lipinski definition) is 2. The molecule has 0 radical (unpaired) electrons. The Bertz CT molecular complexity index is 827. The van der Waals surface area contributed by atoms with Crippen molar-refractivity contribution in [3.05, 3.63) is 36.5 Å². The van der Waals surface area contributed by atoms with Crippen molar-refractivity contribution in [2.24, 2.45) is 4.99 Å². The molecule has 0 aliphatic carbocycles. The number of aromatic nitrogens is 1. The van der Waals surface area contributed by atoms with Gasteiger partial charge in [-0.1, -0.05) is 18.2 Å². The summed E-state index contributed by atoms with van der Waals surface area (Å²) < 4.78 is 24.8. The van der Waals surface area contributed by atoms with E-state index >= 15 is 0 Å². The lowest BCUT2D eigenvalue weighted by Gasteiger charge is -2.17. The van der Waals surface area contributed by atoms with E-state index in [2.05, 4.69) is 56.7 Å². The van der Waals surface area contributed by atoms with Crippen LogP contribution in [0.3, 0.4) is 0 Å². The van der Waals surface area contributed by atoms with Gasteiger partial charge in [0, 0.05) is 43.6 Å². The highest BCUT2D eigenvalue weighted by atomic mass is 32.2. The van der Waals surface area contributed by atoms with Crippen LogP contribution in [0.2, 0.25) is 0 Å². The van der Waals surface area contributed by atoms with Gasteiger partial charge in [-0.15, -0.1) is 0 Å². The third-order valence-electron chi connectivity index (χ3n) is 4.16. The van der Waals surface area contributed by atoms with Gasteiger partial charge in [-0.3, -0.25) is 4.99 Å². The number of nitrogens with one attached hydrogen (secondary N) is 2. The van der Waals surface area contributed by atoms with Gasteiger partial charge in [0.1, 0.15) is 9.84 Å². The van der Waals surface area contributed by atoms with Crippen LogP contribution in [0.4, 0.5) is 0 Å². The van der Waals surface area contributed by atoms with Crippen LogP contribution in [-0.2, 0) is 16.4 Å². The zero-order valence-electron chi connectivity index (χ0n) is 15.9. The Morgan fingerprint density at radius 3 is 2.77 bits per heavy atom. The maximum atomic E-state index is 11.3. The number of sulfone groups is 1. The van der Waals surface area contributed by atoms with E-state index in [4.69, 9.17) is 0 Å². The molecule has 1 atom stereocenters. The zero-order chi connectivity index (χ0) is 19.0. The fourth-order valence-corrected chi connectivity index (χ4v) is 3.57. The summed E-state index contributed by atoms with van der Waals surface area (Å²) in [7, 11) is -2.93. The zero-order valence-corrected chi connectivity index (χ0v) is 16.7. The number of nitrogens with zero attached hydrogens (tertiary/aromatic N) is 2. The topological polar surface area (TPSA) is 75.5 Å². The highest BCUT2D eigenvalue weighted by Gasteiger charge is 2.09. The second kappa shape index (κ2) is 9.62. The Balaban J connectivity index is 1.84. The van der Waals surface area contributed by atoms with Crippen LogP contribution < -0.4 is 10.6 Å². The lowest BCUT2D eigenvalue weighted by Crippen LogP contribution is -2.42. The minimum Gasteiger partial charge on any atom is -0.357 e. The Hall–Kier alpha value is -2.02. The molecule has 0 saturated carbocycles. The Kier molecular flexibility index (Phi) is 7.50. The number of benzene rings is 1. The largest absolute Gasteiger partial charge is 0.357 e. The van der Waals surface area contributed by atoms with Gasteiger partial charge in [0.15, 0.2) is 5.96 Å². The highest BCUT2D eigenvalue weighted by Crippen LogP contribution is 2.15. The second-order valence-corrected chi connectivity index (χ2v) is 8.91. The molecular weight excluding hydrogens is 348 g/mol. The van der Waals surface area contributed by atoms with E-state index in [0.29, 0.717) is 13.0 Å². The molecule has 1 aromatic heterocycles. The van der Waals surface area contributed by atoms with Crippen molar-refractivity contribution in [1.29, 1.82) is 0 Å². The summed E-state index contributed by atoms with van der Waals surface area (Å²) in [5.74, 6) is 0.923. The number of aryl methyl sites for hydroxylation is 1. The van der Waals surface area contributed by atoms with Crippen molar-refractivity contribution >= 4 is 26.7 Å². The van der Waals surface area contributed by atoms with Gasteiger partial charge < -0.3 is 15.2 Å². The van der Waals surface area contributed by atoms with Crippen LogP contribution in [0.1, 0.15) is 26.7 Å². The van der Waals surface area contributed by atoms with Crippen molar-refractivity contribution in [2.75, 3.05) is 25.1 Å². The lowest BCUT2D eigenvalue weighted by atomic mass is 10.2. The number of rotatable bonds is 9. The van der Waals surface area contributed by atoms with E-state index in [1.807, 2.05) is 13.8 Å². The van der Waals surface area contributed by atoms with Crippen molar-refractivity contribution in [3.8, 4) is 0 Å². The van der Waals surface area contributed by atoms with Crippen molar-refractivity contribution in [2.45, 2.75) is 39.3 Å². The first-order valence-corrected chi connectivity index (χ1v) is 11.2. The number of hydrogen-bond acceptors (Lipinski definition) is 3. The first-order valence-electron chi connectivity index (χ1n) is 9.15. The Morgan fingerprint density at radius 2 is 2.04 bits per heavy atom. The predicted molar refractivity (Wildman–Crippen MR) is 109 cm³/mol. The molecule has 144 valence electrons. The Morgan fingerprint density at radius 1 is 1.27 bits per heavy atom. The average molecular weight is 379 g/mol. The van der Waals surface area contributed by atoms with Gasteiger partial charge in [-0.25, -0.2) is 8.42 Å². The van der Waals surface area contributed by atoms with Crippen molar-refractivity contribution in [3.63, 3.8) is 0 Å². The van der Waals surface area contributed by atoms with Crippen molar-refractivity contribution in [1.82, 2.24) is 15.2 Å². The molecule has 0 aliphatic rings. The average Bonchev–Trinajstić information content (AvgIpc) is 3.00. The summed E-state index contributed by atoms with van der Waals surface area (Å²) in [4.78, 5) is 4.61. The van der Waals surface area contributed by atoms with E-state index in [1.54, 1.807) is 0 Å². The van der Waals surface area contributed by atoms with Crippen LogP contribution in [0.5, 0.6) is 0 Å². The molecule has 2 rings (SSSR count). The predicted octanol–water partition coefficient (Wildman–Crippen LogP) is 2.41. The molecule has 0 spiro atoms. The fraction of sp³-hybridized carbons (Fsp3) is 0.526. The molecule has 0 aliphatic heterocycles. The SMILES string of the molecule is CCNC(=NCCCn1ccc2ccccc21)NC(C)CCS(C)(=O)=O. The molecule has 0 amide bonds. The monoisotopic (exact) mass is 378 g/mol. The van der Waals surface area contributed by atoms with Gasteiger partial charge >= 0.3 is 0 Å². The van der Waals surface area contributed by atoms with Crippen molar-refractivity contribution < 1.29 is 8.42 Å². The number of para-hydroxylation sites is 1. The van der Waals surface area contributed by atoms with Crippen LogP contribution in [-0.4, -0.2) is 50.1 Å². The molecule has 1 aromatic carbocycles. The van der Waals surface area contributed by atoms with Gasteiger partial charge in [0.25, 0.3) is 0 Å². The van der Waals surface area contributed by atoms with E-state index in [9.17, 15) is 8.42 Å². The number of guanidine groups is 1. The fourth-order valence-electron chi connectivity index (χ4n) is 2.78. The molecular formula is C19H30N4O2S. The lowest BCUT2D eigenvalue weighted by molar-refractivity contribution is 0.580. The van der Waals surface area contributed by atoms with Gasteiger partial charge in [-0.05, 0) is 44.2 Å². The maximum Gasteiger partial charge on any atom is 0.191 e. The number of fused-ring (bicyclic) bond motifs is 1. The molecule has 0 bridgehead atoms. The first-order chi connectivity index (χ1) is 12.4. The molecule has 0 saturated heterocycles. The minimum atomic E-state index is -2.93. The summed E-state index contributed by atoms with van der Waals surface area (Å²) in [5.41, 5.74) is 1.25. The quantitative estimate of drug-likeness (QED) is 0.399. The smallest absolute Gasteiger partial charge is 0.191 e. The van der Waals surface area contributed by atoms with Crippen LogP contribution in [0.15, 0.2) is 41.5 Å². The molecule has 7 heteroatoms. The summed E-state index contributed by atoms with van der Waals surface area (Å²) in [5, 5.41) is 7.75. The standard InChI is InChI=1S/C19H30N4O2S/c1-4-20-19(22-16(2)11-15-26(3,24)25)21-12-7-13-23-14-10-17-8-5-6-9-18(17)23/h5-6,8-10,14,16H,4,7,11-13,15H2,1-3H3,(H2,20,21,22). The van der Waals surface area contributed by atoms with E-state index in [0.717, 1.165) is 25.5 Å². The summed E-state index contributed by atoms with van der Waals surface area (Å²) >= 11 is 0. The molecule has 2 aromatic rings. The molecule has 1 heterocycles. The van der Waals surface area contributed by atoms with E-state index in [1.165, 1.54) is 17.2 Å². The first kappa shape index (κ1) is 20.3. The molecule has 26 heavy (non-hydrogen) atoms. The van der Waals surface area contributed by atoms with Crippen LogP contribution >= 0.6 is 0 Å². The van der Waals surface area contributed by atoms with Gasteiger partial charge in [0.2, 0.25) is 0 Å². The third kappa shape index (κ3) is 6.71. The molecule has 6 nitrogen and oxygen atoms in total. The second-order valence-electron chi connectivity index (χ2n) is 6.65. The molecule has 1 unspecified atom stereocenters. The highest BCUT2D eigenvalue weighted by molar-refractivity contribution is 7.90. The summed E-state index contributed by atoms with van der Waals surface area (Å²) in [6.07, 6.45) is 4.89. The number of aliphatic imine (C=N–C) groups is 1. The van der Waals surface area contributed by atoms with Gasteiger partial charge in [-0.2, -0.15) is 0 Å². The minimum absolute atomic E-state index is 0.0518. The third-order valence-corrected chi connectivity index (χ3v) is 5.13. The van der Waals surface area contributed by atoms with Gasteiger partial charge in [0.05, 0.1) is 5.75 Å². The normalized spacial score (nSPS) is 13.7. The van der Waals surface area contributed by atoms with Crippen LogP contribution in [0.25, 0.3) is 10.9 Å². The molecule has 0 fully saturated rings. The summed E-state index contributed by atoms with van der Waals surface area (Å²) in [6, 6.07) is 10.5. The van der Waals surface area contributed by atoms with Crippen LogP contribution in [0, 0.1) is 0 Å². The van der Waals surface area contributed by atoms with E-state index in [-0.39, 0.29) is 11.8 Å². The van der Waals surface area contributed by atoms with E-state index < -0.39 is 9.84 Å².